The molecule has 1 fully saturated rings. The number of methoxy groups -OCH3 is 1. The van der Waals surface area contributed by atoms with Gasteiger partial charge in [0.05, 0.1) is 7.11 Å². The van der Waals surface area contributed by atoms with E-state index in [9.17, 15) is 9.90 Å². The molecule has 1 aliphatic heterocycles. The standard InChI is InChI=1S/C32H38N2O4.Na/c1-19(2)34-18-26-15-24(9-11-27(26)23-13-14-33-30(17-23)37-4)28-12-10-21-5-8-25(16-29(21)38-28)31(22-6-7-22)20(3)32(35)36;/h5,8-9,11,13-17,19-20,22,28,31,34H,6-7,10,12,18H2,1-4H3,(H,35,36);/q;+1/p-1/t20-,28?,31-;/m0./s1. The van der Waals surface area contributed by atoms with Gasteiger partial charge in [0.2, 0.25) is 5.88 Å². The first-order valence-corrected chi connectivity index (χ1v) is 13.7. The maximum Gasteiger partial charge on any atom is 1.00 e. The quantitative estimate of drug-likeness (QED) is 0.400. The summed E-state index contributed by atoms with van der Waals surface area (Å²) in [5, 5.41) is 15.3. The van der Waals surface area contributed by atoms with Crippen LogP contribution in [0.3, 0.4) is 0 Å². The van der Waals surface area contributed by atoms with Crippen molar-refractivity contribution in [3.63, 3.8) is 0 Å². The molecule has 0 bridgehead atoms. The fourth-order valence-corrected chi connectivity index (χ4v) is 5.64. The molecular formula is C32H37N2NaO4. The molecule has 0 saturated heterocycles. The Morgan fingerprint density at radius 3 is 2.59 bits per heavy atom. The fraction of sp³-hybridized carbons (Fsp3) is 0.438. The summed E-state index contributed by atoms with van der Waals surface area (Å²) in [7, 11) is 1.63. The molecule has 3 atom stereocenters. The molecule has 1 aromatic heterocycles. The molecule has 39 heavy (non-hydrogen) atoms. The van der Waals surface area contributed by atoms with Crippen LogP contribution >= 0.6 is 0 Å². The molecule has 2 aromatic carbocycles. The van der Waals surface area contributed by atoms with Crippen LogP contribution in [-0.2, 0) is 17.8 Å². The van der Waals surface area contributed by atoms with E-state index in [4.69, 9.17) is 9.47 Å². The van der Waals surface area contributed by atoms with Gasteiger partial charge >= 0.3 is 29.6 Å². The summed E-state index contributed by atoms with van der Waals surface area (Å²) in [4.78, 5) is 16.0. The zero-order chi connectivity index (χ0) is 26.8. The molecule has 2 aliphatic rings. The largest absolute Gasteiger partial charge is 1.00 e. The Balaban J connectivity index is 0.00000353. The van der Waals surface area contributed by atoms with Crippen LogP contribution in [0.25, 0.3) is 11.1 Å². The van der Waals surface area contributed by atoms with Crippen LogP contribution in [0.2, 0.25) is 0 Å². The number of carbonyl (C=O) groups excluding carboxylic acids is 1. The molecule has 5 rings (SSSR count). The van der Waals surface area contributed by atoms with Gasteiger partial charge in [-0.15, -0.1) is 0 Å². The first-order valence-electron chi connectivity index (χ1n) is 13.7. The molecule has 0 radical (unpaired) electrons. The van der Waals surface area contributed by atoms with Crippen molar-refractivity contribution in [3.8, 4) is 22.8 Å². The van der Waals surface area contributed by atoms with Crippen LogP contribution < -0.4 is 49.5 Å². The van der Waals surface area contributed by atoms with Crippen molar-refractivity contribution in [1.82, 2.24) is 10.3 Å². The molecule has 0 amide bonds. The number of carbonyl (C=O) groups is 1. The van der Waals surface area contributed by atoms with Crippen LogP contribution in [-0.4, -0.2) is 24.1 Å². The van der Waals surface area contributed by atoms with Crippen molar-refractivity contribution >= 4 is 5.97 Å². The minimum Gasteiger partial charge on any atom is -0.550 e. The number of aromatic nitrogens is 1. The van der Waals surface area contributed by atoms with Crippen LogP contribution in [0, 0.1) is 11.8 Å². The number of aryl methyl sites for hydroxylation is 1. The minimum absolute atomic E-state index is 0. The van der Waals surface area contributed by atoms with Gasteiger partial charge in [-0.2, -0.15) is 0 Å². The van der Waals surface area contributed by atoms with E-state index in [0.29, 0.717) is 17.8 Å². The number of nitrogens with one attached hydrogen (secondary N) is 1. The molecule has 1 aliphatic carbocycles. The molecule has 0 spiro atoms. The van der Waals surface area contributed by atoms with Crippen LogP contribution in [0.5, 0.6) is 11.6 Å². The first-order chi connectivity index (χ1) is 18.3. The molecule has 1 saturated carbocycles. The Bertz CT molecular complexity index is 1310. The normalized spacial score (nSPS) is 17.9. The van der Waals surface area contributed by atoms with Crippen molar-refractivity contribution in [2.24, 2.45) is 11.8 Å². The summed E-state index contributed by atoms with van der Waals surface area (Å²) in [5.74, 6) is 0.355. The van der Waals surface area contributed by atoms with Gasteiger partial charge in [0.1, 0.15) is 11.9 Å². The number of carboxylic acid groups (broad SMARTS) is 1. The maximum atomic E-state index is 11.7. The van der Waals surface area contributed by atoms with Crippen molar-refractivity contribution in [2.75, 3.05) is 7.11 Å². The van der Waals surface area contributed by atoms with E-state index < -0.39 is 11.9 Å². The van der Waals surface area contributed by atoms with Gasteiger partial charge in [0.15, 0.2) is 0 Å². The topological polar surface area (TPSA) is 83.5 Å². The number of carboxylic acids is 1. The van der Waals surface area contributed by atoms with Crippen LogP contribution in [0.1, 0.15) is 74.3 Å². The second-order valence-electron chi connectivity index (χ2n) is 11.0. The zero-order valence-electron chi connectivity index (χ0n) is 23.7. The third-order valence-corrected chi connectivity index (χ3v) is 7.92. The van der Waals surface area contributed by atoms with Crippen LogP contribution in [0.4, 0.5) is 0 Å². The van der Waals surface area contributed by atoms with E-state index >= 15 is 0 Å². The maximum absolute atomic E-state index is 11.7. The van der Waals surface area contributed by atoms with E-state index in [1.165, 1.54) is 11.1 Å². The SMILES string of the molecule is COc1cc(-c2ccc(C3CCc4ccc([C@H](C5CC5)[C@H](C)C(=O)[O-])cc4O3)cc2CNC(C)C)ccn1.[Na+]. The average Bonchev–Trinajstić information content (AvgIpc) is 3.76. The van der Waals surface area contributed by atoms with Crippen LogP contribution in [0.15, 0.2) is 54.7 Å². The number of hydrogen-bond acceptors (Lipinski definition) is 6. The summed E-state index contributed by atoms with van der Waals surface area (Å²) in [6, 6.07) is 17.2. The fourth-order valence-electron chi connectivity index (χ4n) is 5.64. The van der Waals surface area contributed by atoms with E-state index in [1.807, 2.05) is 12.1 Å². The smallest absolute Gasteiger partial charge is 0.550 e. The van der Waals surface area contributed by atoms with Gasteiger partial charge in [-0.3, -0.25) is 0 Å². The molecule has 7 heteroatoms. The number of hydrogen-bond donors (Lipinski definition) is 1. The Labute approximate surface area is 253 Å². The van der Waals surface area contributed by atoms with E-state index in [0.717, 1.165) is 60.2 Å². The van der Waals surface area contributed by atoms with Gasteiger partial charge in [0, 0.05) is 36.7 Å². The molecule has 2 heterocycles. The van der Waals surface area contributed by atoms with Gasteiger partial charge < -0.3 is 24.7 Å². The number of ether oxygens (including phenoxy) is 2. The summed E-state index contributed by atoms with van der Waals surface area (Å²) in [6.45, 7) is 6.80. The van der Waals surface area contributed by atoms with Gasteiger partial charge in [-0.1, -0.05) is 51.1 Å². The second-order valence-corrected chi connectivity index (χ2v) is 11.0. The Morgan fingerprint density at radius 2 is 1.90 bits per heavy atom. The van der Waals surface area contributed by atoms with Crippen molar-refractivity contribution in [1.29, 1.82) is 0 Å². The predicted octanol–water partition coefficient (Wildman–Crippen LogP) is 2.21. The molecule has 6 nitrogen and oxygen atoms in total. The number of nitrogens with zero attached hydrogens (tertiary/aromatic N) is 1. The molecule has 3 aromatic rings. The number of aliphatic carboxylic acids is 1. The van der Waals surface area contributed by atoms with E-state index in [-0.39, 0.29) is 41.6 Å². The predicted molar refractivity (Wildman–Crippen MR) is 146 cm³/mol. The third kappa shape index (κ3) is 6.86. The Morgan fingerprint density at radius 1 is 1.10 bits per heavy atom. The second kappa shape index (κ2) is 12.9. The first kappa shape index (κ1) is 29.6. The van der Waals surface area contributed by atoms with Gasteiger partial charge in [-0.05, 0) is 83.0 Å². The summed E-state index contributed by atoms with van der Waals surface area (Å²) in [5.41, 5.74) is 6.79. The number of rotatable bonds is 10. The Hall–Kier alpha value is -2.38. The van der Waals surface area contributed by atoms with Crippen molar-refractivity contribution in [3.05, 3.63) is 77.0 Å². The molecule has 1 N–H and O–H groups in total. The monoisotopic (exact) mass is 536 g/mol. The minimum atomic E-state index is -0.979. The van der Waals surface area contributed by atoms with Gasteiger partial charge in [-0.25, -0.2) is 4.98 Å². The summed E-state index contributed by atoms with van der Waals surface area (Å²) in [6.07, 6.45) is 5.68. The van der Waals surface area contributed by atoms with Crippen molar-refractivity contribution < 1.29 is 48.9 Å². The van der Waals surface area contributed by atoms with E-state index in [1.54, 1.807) is 20.2 Å². The average molecular weight is 537 g/mol. The number of fused-ring (bicyclic) bond motifs is 1. The molecule has 200 valence electrons. The summed E-state index contributed by atoms with van der Waals surface area (Å²) < 4.78 is 12.0. The number of pyridine rings is 1. The molecule has 1 unspecified atom stereocenters. The van der Waals surface area contributed by atoms with E-state index in [2.05, 4.69) is 60.5 Å². The van der Waals surface area contributed by atoms with Gasteiger partial charge in [0.25, 0.3) is 0 Å². The van der Waals surface area contributed by atoms with Crippen molar-refractivity contribution in [2.45, 2.75) is 71.1 Å². The zero-order valence-corrected chi connectivity index (χ0v) is 25.7. The number of benzene rings is 2. The molecular weight excluding hydrogens is 499 g/mol. The Kier molecular flexibility index (Phi) is 9.76. The third-order valence-electron chi connectivity index (χ3n) is 7.92. The summed E-state index contributed by atoms with van der Waals surface area (Å²) >= 11 is 0.